The molecule has 5 aromatic rings. The number of benzene rings is 4. The molecule has 6 atom stereocenters. The number of methoxy groups -OCH3 is 1. The highest BCUT2D eigenvalue weighted by Crippen LogP contribution is 2.61. The number of nitriles is 1. The van der Waals surface area contributed by atoms with Crippen LogP contribution in [0, 0.1) is 40.2 Å². The van der Waals surface area contributed by atoms with E-state index in [1.54, 1.807) is 42.3 Å². The van der Waals surface area contributed by atoms with Crippen LogP contribution >= 0.6 is 23.2 Å². The number of carbonyl (C=O) groups is 4. The lowest BCUT2D eigenvalue weighted by Crippen LogP contribution is -2.52. The SMILES string of the molecule is CNC(=O)c1ccc(N2C(=O)C3[C@H](c4cccc(F)c4Cl)[C@@](C#N)(c4ccc(Cl)cc4F)[C@H](CC(C)(C)C)N3C2CCCCCCCC#Cc2ccc3c(c2)n(C)c(=O)n3C2CCC(=O)NC2=O)c(OC)c1. The van der Waals surface area contributed by atoms with Crippen molar-refractivity contribution in [2.45, 2.75) is 121 Å². The summed E-state index contributed by atoms with van der Waals surface area (Å²) in [7, 11) is 4.62. The monoisotopic (exact) mass is 1020 g/mol. The van der Waals surface area contributed by atoms with Gasteiger partial charge in [0.2, 0.25) is 17.7 Å². The molecule has 3 fully saturated rings. The molecule has 72 heavy (non-hydrogen) atoms. The van der Waals surface area contributed by atoms with E-state index < -0.39 is 64.5 Å². The van der Waals surface area contributed by atoms with Gasteiger partial charge in [-0.1, -0.05) is 99.7 Å². The van der Waals surface area contributed by atoms with Crippen LogP contribution in [-0.4, -0.2) is 70.1 Å². The molecule has 3 aliphatic rings. The first-order valence-electron chi connectivity index (χ1n) is 24.2. The van der Waals surface area contributed by atoms with Gasteiger partial charge >= 0.3 is 5.69 Å². The number of hydrogen-bond donors (Lipinski definition) is 2. The average molecular weight is 1020 g/mol. The van der Waals surface area contributed by atoms with Gasteiger partial charge in [-0.3, -0.25) is 43.4 Å². The molecule has 8 rings (SSSR count). The number of nitrogens with zero attached hydrogens (tertiary/aromatic N) is 5. The number of rotatable bonds is 14. The quantitative estimate of drug-likeness (QED) is 0.0633. The lowest BCUT2D eigenvalue weighted by molar-refractivity contribution is -0.135. The standard InChI is InChI=1S/C55H57Cl2F2N7O6/c1-54(2,3)30-44-55(31-60,36-22-21-34(56)29-38(36)59)47(35-16-14-17-37(58)48(35)57)49-52(70)65(40-24-20-33(50(68)61-4)28-43(40)72-6)46(66(44)49)18-13-11-9-7-8-10-12-15-32-19-23-39-42(27-32)63(5)53(71)64(39)41-25-26-45(67)62-51(41)69/h14,16-17,19-24,27-29,41,44,46-47,49H,7-11,13,18,25-26,30H2,1-6H3,(H,61,68)(H,62,67,69)/t41?,44-,46?,47-,49?,55-/m0/s1. The third-order valence-corrected chi connectivity index (χ3v) is 15.0. The van der Waals surface area contributed by atoms with E-state index in [4.69, 9.17) is 27.9 Å². The fraction of sp³-hybridized carbons (Fsp3) is 0.418. The molecule has 0 radical (unpaired) electrons. The van der Waals surface area contributed by atoms with Crippen LogP contribution < -0.4 is 26.0 Å². The van der Waals surface area contributed by atoms with E-state index in [1.807, 2.05) is 37.8 Å². The Bertz CT molecular complexity index is 3150. The second-order valence-electron chi connectivity index (χ2n) is 20.0. The zero-order valence-corrected chi connectivity index (χ0v) is 42.6. The van der Waals surface area contributed by atoms with E-state index in [-0.39, 0.29) is 57.3 Å². The van der Waals surface area contributed by atoms with Gasteiger partial charge in [-0.25, -0.2) is 13.6 Å². The molecular weight excluding hydrogens is 964 g/mol. The number of amides is 4. The van der Waals surface area contributed by atoms with Crippen molar-refractivity contribution in [2.75, 3.05) is 19.1 Å². The summed E-state index contributed by atoms with van der Waals surface area (Å²) in [6.07, 6.45) is 5.06. The Balaban J connectivity index is 1.07. The molecule has 4 aromatic carbocycles. The average Bonchev–Trinajstić information content (AvgIpc) is 3.88. The summed E-state index contributed by atoms with van der Waals surface area (Å²) in [5, 5.41) is 16.5. The Morgan fingerprint density at radius 1 is 0.944 bits per heavy atom. The molecular formula is C55H57Cl2F2N7O6. The molecule has 3 aliphatic heterocycles. The minimum atomic E-state index is -1.76. The molecule has 376 valence electrons. The van der Waals surface area contributed by atoms with Gasteiger partial charge in [0.1, 0.15) is 34.9 Å². The minimum Gasteiger partial charge on any atom is -0.495 e. The molecule has 2 N–H and O–H groups in total. The molecule has 17 heteroatoms. The van der Waals surface area contributed by atoms with Crippen molar-refractivity contribution in [2.24, 2.45) is 12.5 Å². The van der Waals surface area contributed by atoms with E-state index in [0.29, 0.717) is 48.0 Å². The second kappa shape index (κ2) is 20.9. The van der Waals surface area contributed by atoms with Crippen molar-refractivity contribution >= 4 is 63.6 Å². The maximum absolute atomic E-state index is 16.7. The summed E-state index contributed by atoms with van der Waals surface area (Å²) in [6.45, 7) is 6.06. The summed E-state index contributed by atoms with van der Waals surface area (Å²) in [5.74, 6) is 2.51. The Hall–Kier alpha value is -6.52. The first kappa shape index (κ1) is 51.8. The minimum absolute atomic E-state index is 0.0344. The van der Waals surface area contributed by atoms with Crippen LogP contribution in [0.1, 0.15) is 124 Å². The van der Waals surface area contributed by atoms with Crippen LogP contribution in [-0.2, 0) is 26.8 Å². The molecule has 1 aromatic heterocycles. The smallest absolute Gasteiger partial charge is 0.329 e. The highest BCUT2D eigenvalue weighted by molar-refractivity contribution is 6.31. The Labute approximate surface area is 427 Å². The number of imide groups is 1. The molecule has 0 saturated carbocycles. The highest BCUT2D eigenvalue weighted by atomic mass is 35.5. The summed E-state index contributed by atoms with van der Waals surface area (Å²) >= 11 is 13.2. The van der Waals surface area contributed by atoms with Crippen molar-refractivity contribution in [1.29, 1.82) is 5.26 Å². The lowest BCUT2D eigenvalue weighted by Gasteiger charge is -2.43. The number of aromatic nitrogens is 2. The fourth-order valence-corrected chi connectivity index (χ4v) is 11.6. The first-order valence-corrected chi connectivity index (χ1v) is 25.0. The zero-order valence-electron chi connectivity index (χ0n) is 41.1. The fourth-order valence-electron chi connectivity index (χ4n) is 11.2. The predicted molar refractivity (Wildman–Crippen MR) is 272 cm³/mol. The molecule has 0 spiro atoms. The van der Waals surface area contributed by atoms with Crippen molar-refractivity contribution in [1.82, 2.24) is 24.7 Å². The van der Waals surface area contributed by atoms with Crippen molar-refractivity contribution < 1.29 is 32.7 Å². The zero-order chi connectivity index (χ0) is 51.8. The van der Waals surface area contributed by atoms with E-state index >= 15 is 13.6 Å². The number of aryl methyl sites for hydroxylation is 1. The molecule has 4 heterocycles. The van der Waals surface area contributed by atoms with Gasteiger partial charge in [-0.2, -0.15) is 5.26 Å². The molecule has 0 aliphatic carbocycles. The summed E-state index contributed by atoms with van der Waals surface area (Å²) in [4.78, 5) is 69.8. The Morgan fingerprint density at radius 3 is 2.39 bits per heavy atom. The number of ether oxygens (including phenoxy) is 1. The van der Waals surface area contributed by atoms with Crippen molar-refractivity contribution in [3.05, 3.63) is 127 Å². The number of anilines is 1. The van der Waals surface area contributed by atoms with Gasteiger partial charge in [0.05, 0.1) is 41.1 Å². The Morgan fingerprint density at radius 2 is 1.69 bits per heavy atom. The van der Waals surface area contributed by atoms with Crippen LogP contribution in [0.2, 0.25) is 10.0 Å². The Kier molecular flexibility index (Phi) is 15.0. The number of hydrogen-bond acceptors (Lipinski definition) is 8. The number of piperidine rings is 1. The van der Waals surface area contributed by atoms with Crippen LogP contribution in [0.4, 0.5) is 14.5 Å². The molecule has 4 amide bonds. The van der Waals surface area contributed by atoms with E-state index in [9.17, 15) is 24.4 Å². The van der Waals surface area contributed by atoms with Gasteiger partial charge in [0, 0.05) is 60.6 Å². The predicted octanol–water partition coefficient (Wildman–Crippen LogP) is 9.46. The number of halogens is 4. The van der Waals surface area contributed by atoms with Gasteiger partial charge in [0.25, 0.3) is 5.91 Å². The maximum Gasteiger partial charge on any atom is 0.329 e. The van der Waals surface area contributed by atoms with Gasteiger partial charge in [0.15, 0.2) is 0 Å². The summed E-state index contributed by atoms with van der Waals surface area (Å²) in [6, 6.07) is 18.6. The summed E-state index contributed by atoms with van der Waals surface area (Å²) < 4.78 is 41.1. The van der Waals surface area contributed by atoms with Gasteiger partial charge in [-0.15, -0.1) is 0 Å². The topological polar surface area (TPSA) is 159 Å². The maximum atomic E-state index is 16.7. The van der Waals surface area contributed by atoms with E-state index in [2.05, 4.69) is 28.5 Å². The lowest BCUT2D eigenvalue weighted by atomic mass is 9.62. The first-order chi connectivity index (χ1) is 34.4. The van der Waals surface area contributed by atoms with Crippen LogP contribution in [0.5, 0.6) is 5.75 Å². The van der Waals surface area contributed by atoms with Gasteiger partial charge < -0.3 is 10.1 Å². The van der Waals surface area contributed by atoms with E-state index in [0.717, 1.165) is 37.3 Å². The molecule has 3 unspecified atom stereocenters. The van der Waals surface area contributed by atoms with Crippen molar-refractivity contribution in [3.63, 3.8) is 0 Å². The second-order valence-corrected chi connectivity index (χ2v) is 20.9. The van der Waals surface area contributed by atoms with Gasteiger partial charge in [-0.05, 0) is 91.3 Å². The van der Waals surface area contributed by atoms with Crippen molar-refractivity contribution in [3.8, 4) is 23.7 Å². The highest BCUT2D eigenvalue weighted by Gasteiger charge is 2.70. The van der Waals surface area contributed by atoms with Crippen LogP contribution in [0.15, 0.2) is 77.6 Å². The molecule has 3 saturated heterocycles. The summed E-state index contributed by atoms with van der Waals surface area (Å²) in [5.41, 5.74) is 0.324. The normalized spacial score (nSPS) is 22.1. The van der Waals surface area contributed by atoms with E-state index in [1.165, 1.54) is 47.6 Å². The van der Waals surface area contributed by atoms with Crippen LogP contribution in [0.3, 0.4) is 0 Å². The van der Waals surface area contributed by atoms with Crippen LogP contribution in [0.25, 0.3) is 11.0 Å². The number of imidazole rings is 1. The largest absolute Gasteiger partial charge is 0.495 e. The number of unbranched alkanes of at least 4 members (excludes halogenated alkanes) is 5. The third kappa shape index (κ3) is 9.50. The number of nitrogens with one attached hydrogen (secondary N) is 2. The molecule has 13 nitrogen and oxygen atoms in total. The molecule has 0 bridgehead atoms. The number of carbonyl (C=O) groups excluding carboxylic acids is 4. The third-order valence-electron chi connectivity index (χ3n) is 14.4. The number of fused-ring (bicyclic) bond motifs is 2.